The van der Waals surface area contributed by atoms with Crippen molar-refractivity contribution in [2.24, 2.45) is 0 Å². The smallest absolute Gasteiger partial charge is 0.264 e. The number of sulfonamides is 1. The highest BCUT2D eigenvalue weighted by Gasteiger charge is 2.34. The molecule has 1 N–H and O–H groups in total. The van der Waals surface area contributed by atoms with Crippen LogP contribution in [0.4, 0.5) is 5.69 Å². The molecule has 11 heteroatoms. The number of amides is 2. The third-order valence-corrected chi connectivity index (χ3v) is 10.7. The summed E-state index contributed by atoms with van der Waals surface area (Å²) in [6.45, 7) is 2.80. The SMILES string of the molecule is Cc1ccc(S(=O)(=O)N(CC(=O)N(Cc2c(Cl)cccc2Cl)[C@@H](C)C(=O)NC2CCCC2)c2ccc(Oc3ccccc3)cc2)cc1. The molecule has 1 atom stereocenters. The Morgan fingerprint density at radius 2 is 1.45 bits per heavy atom. The lowest BCUT2D eigenvalue weighted by molar-refractivity contribution is -0.139. The normalized spacial score (nSPS) is 14.0. The van der Waals surface area contributed by atoms with Gasteiger partial charge in [0, 0.05) is 28.2 Å². The van der Waals surface area contributed by atoms with E-state index in [1.54, 1.807) is 61.5 Å². The van der Waals surface area contributed by atoms with Crippen molar-refractivity contribution in [1.29, 1.82) is 0 Å². The van der Waals surface area contributed by atoms with Crippen molar-refractivity contribution in [2.45, 2.75) is 63.1 Å². The highest BCUT2D eigenvalue weighted by Crippen LogP contribution is 2.30. The van der Waals surface area contributed by atoms with Crippen molar-refractivity contribution in [2.75, 3.05) is 10.8 Å². The number of halogens is 2. The molecule has 0 saturated heterocycles. The Labute approximate surface area is 286 Å². The minimum absolute atomic E-state index is 0.0215. The molecule has 8 nitrogen and oxygen atoms in total. The molecule has 4 aromatic carbocycles. The fraction of sp³-hybridized carbons (Fsp3) is 0.278. The van der Waals surface area contributed by atoms with Gasteiger partial charge >= 0.3 is 0 Å². The molecule has 1 aliphatic carbocycles. The maximum Gasteiger partial charge on any atom is 0.264 e. The van der Waals surface area contributed by atoms with Crippen LogP contribution in [-0.4, -0.2) is 43.8 Å². The first kappa shape index (κ1) is 34.3. The Balaban J connectivity index is 1.49. The lowest BCUT2D eigenvalue weighted by Crippen LogP contribution is -2.52. The maximum absolute atomic E-state index is 14.3. The first-order valence-corrected chi connectivity index (χ1v) is 17.7. The van der Waals surface area contributed by atoms with Gasteiger partial charge < -0.3 is 15.0 Å². The summed E-state index contributed by atoms with van der Waals surface area (Å²) < 4.78 is 35.3. The molecule has 246 valence electrons. The summed E-state index contributed by atoms with van der Waals surface area (Å²) in [4.78, 5) is 29.1. The number of para-hydroxylation sites is 1. The minimum Gasteiger partial charge on any atom is -0.457 e. The molecule has 0 aromatic heterocycles. The van der Waals surface area contributed by atoms with Crippen LogP contribution in [0.1, 0.15) is 43.7 Å². The summed E-state index contributed by atoms with van der Waals surface area (Å²) in [7, 11) is -4.23. The number of carbonyl (C=O) groups excluding carboxylic acids is 2. The molecule has 0 unspecified atom stereocenters. The average molecular weight is 695 g/mol. The van der Waals surface area contributed by atoms with Gasteiger partial charge in [0.1, 0.15) is 24.1 Å². The second-order valence-corrected chi connectivity index (χ2v) is 14.3. The van der Waals surface area contributed by atoms with E-state index in [0.29, 0.717) is 27.1 Å². The first-order valence-electron chi connectivity index (χ1n) is 15.5. The number of nitrogens with one attached hydrogen (secondary N) is 1. The average Bonchev–Trinajstić information content (AvgIpc) is 3.57. The number of hydrogen-bond donors (Lipinski definition) is 1. The lowest BCUT2D eigenvalue weighted by atomic mass is 10.1. The summed E-state index contributed by atoms with van der Waals surface area (Å²) in [5, 5.41) is 3.72. The fourth-order valence-electron chi connectivity index (χ4n) is 5.50. The van der Waals surface area contributed by atoms with Crippen LogP contribution in [0.25, 0.3) is 0 Å². The van der Waals surface area contributed by atoms with Crippen LogP contribution in [0.5, 0.6) is 11.5 Å². The van der Waals surface area contributed by atoms with Gasteiger partial charge in [-0.3, -0.25) is 13.9 Å². The van der Waals surface area contributed by atoms with Gasteiger partial charge in [0.25, 0.3) is 10.0 Å². The van der Waals surface area contributed by atoms with E-state index in [-0.39, 0.29) is 29.1 Å². The monoisotopic (exact) mass is 693 g/mol. The molecule has 0 heterocycles. The number of nitrogens with zero attached hydrogens (tertiary/aromatic N) is 2. The number of carbonyl (C=O) groups is 2. The number of aryl methyl sites for hydroxylation is 1. The van der Waals surface area contributed by atoms with E-state index in [2.05, 4.69) is 5.32 Å². The van der Waals surface area contributed by atoms with Gasteiger partial charge in [-0.2, -0.15) is 0 Å². The Morgan fingerprint density at radius 1 is 0.851 bits per heavy atom. The second-order valence-electron chi connectivity index (χ2n) is 11.6. The third kappa shape index (κ3) is 8.46. The third-order valence-electron chi connectivity index (χ3n) is 8.25. The van der Waals surface area contributed by atoms with Gasteiger partial charge in [0.2, 0.25) is 11.8 Å². The molecule has 0 radical (unpaired) electrons. The van der Waals surface area contributed by atoms with E-state index in [9.17, 15) is 18.0 Å². The summed E-state index contributed by atoms with van der Waals surface area (Å²) >= 11 is 13.0. The van der Waals surface area contributed by atoms with Crippen molar-refractivity contribution >= 4 is 50.7 Å². The first-order chi connectivity index (χ1) is 22.5. The maximum atomic E-state index is 14.3. The fourth-order valence-corrected chi connectivity index (χ4v) is 7.43. The van der Waals surface area contributed by atoms with Crippen molar-refractivity contribution < 1.29 is 22.7 Å². The van der Waals surface area contributed by atoms with Gasteiger partial charge in [-0.1, -0.05) is 78.0 Å². The predicted molar refractivity (Wildman–Crippen MR) is 186 cm³/mol. The molecule has 0 bridgehead atoms. The predicted octanol–water partition coefficient (Wildman–Crippen LogP) is 7.77. The number of hydrogen-bond acceptors (Lipinski definition) is 5. The molecule has 5 rings (SSSR count). The topological polar surface area (TPSA) is 96.0 Å². The molecule has 4 aromatic rings. The molecule has 0 spiro atoms. The van der Waals surface area contributed by atoms with Crippen LogP contribution in [0.2, 0.25) is 10.0 Å². The summed E-state index contributed by atoms with van der Waals surface area (Å²) in [6, 6.07) is 26.2. The zero-order valence-corrected chi connectivity index (χ0v) is 28.6. The van der Waals surface area contributed by atoms with Crippen LogP contribution in [-0.2, 0) is 26.2 Å². The Morgan fingerprint density at radius 3 is 2.06 bits per heavy atom. The molecule has 1 saturated carbocycles. The zero-order valence-electron chi connectivity index (χ0n) is 26.2. The van der Waals surface area contributed by atoms with Gasteiger partial charge in [-0.15, -0.1) is 0 Å². The number of rotatable bonds is 12. The molecule has 0 aliphatic heterocycles. The van der Waals surface area contributed by atoms with Crippen molar-refractivity contribution in [3.8, 4) is 11.5 Å². The van der Waals surface area contributed by atoms with Crippen LogP contribution in [0.3, 0.4) is 0 Å². The van der Waals surface area contributed by atoms with Gasteiger partial charge in [0.15, 0.2) is 0 Å². The molecule has 2 amide bonds. The number of anilines is 1. The second kappa shape index (κ2) is 15.2. The summed E-state index contributed by atoms with van der Waals surface area (Å²) in [5.74, 6) is 0.184. The van der Waals surface area contributed by atoms with Gasteiger partial charge in [-0.05, 0) is 87.4 Å². The van der Waals surface area contributed by atoms with E-state index < -0.39 is 28.5 Å². The zero-order chi connectivity index (χ0) is 33.6. The van der Waals surface area contributed by atoms with E-state index >= 15 is 0 Å². The molecular formula is C36H37Cl2N3O5S. The summed E-state index contributed by atoms with van der Waals surface area (Å²) in [6.07, 6.45) is 3.79. The Kier molecular flexibility index (Phi) is 11.1. The van der Waals surface area contributed by atoms with Crippen molar-refractivity contribution in [3.05, 3.63) is 118 Å². The lowest BCUT2D eigenvalue weighted by Gasteiger charge is -2.33. The van der Waals surface area contributed by atoms with E-state index in [4.69, 9.17) is 27.9 Å². The molecule has 1 aliphatic rings. The quantitative estimate of drug-likeness (QED) is 0.164. The molecule has 1 fully saturated rings. The number of ether oxygens (including phenoxy) is 1. The van der Waals surface area contributed by atoms with E-state index in [0.717, 1.165) is 35.6 Å². The molecule has 47 heavy (non-hydrogen) atoms. The largest absolute Gasteiger partial charge is 0.457 e. The van der Waals surface area contributed by atoms with E-state index in [1.807, 2.05) is 37.3 Å². The van der Waals surface area contributed by atoms with Crippen LogP contribution >= 0.6 is 23.2 Å². The Hall–Kier alpha value is -4.05. The van der Waals surface area contributed by atoms with Crippen LogP contribution in [0.15, 0.2) is 102 Å². The van der Waals surface area contributed by atoms with Crippen molar-refractivity contribution in [3.63, 3.8) is 0 Å². The standard InChI is InChI=1S/C36H37Cl2N3O5S/c1-25-15-21-31(22-16-25)47(44,45)41(28-17-19-30(20-18-28)46-29-11-4-3-5-12-29)24-35(42)40(23-32-33(37)13-8-14-34(32)38)26(2)36(43)39-27-9-6-7-10-27/h3-5,8,11-22,26-27H,6-7,9-10,23-24H2,1-2H3,(H,39,43)/t26-/m0/s1. The highest BCUT2D eigenvalue weighted by molar-refractivity contribution is 7.92. The van der Waals surface area contributed by atoms with E-state index in [1.165, 1.54) is 17.0 Å². The Bertz CT molecular complexity index is 1780. The van der Waals surface area contributed by atoms with Crippen LogP contribution < -0.4 is 14.4 Å². The number of benzene rings is 4. The van der Waals surface area contributed by atoms with Gasteiger partial charge in [0.05, 0.1) is 10.6 Å². The van der Waals surface area contributed by atoms with Crippen LogP contribution in [0, 0.1) is 6.92 Å². The van der Waals surface area contributed by atoms with Gasteiger partial charge in [-0.25, -0.2) is 8.42 Å². The highest BCUT2D eigenvalue weighted by atomic mass is 35.5. The van der Waals surface area contributed by atoms with Crippen molar-refractivity contribution in [1.82, 2.24) is 10.2 Å². The minimum atomic E-state index is -4.23. The molecular weight excluding hydrogens is 657 g/mol. The summed E-state index contributed by atoms with van der Waals surface area (Å²) in [5.41, 5.74) is 1.59.